The average Bonchev–Trinajstić information content (AvgIpc) is 2.38. The summed E-state index contributed by atoms with van der Waals surface area (Å²) in [6, 6.07) is 18.3. The third-order valence-corrected chi connectivity index (χ3v) is 2.97. The first-order valence-electron chi connectivity index (χ1n) is 5.20. The monoisotopic (exact) mass is 277 g/mol. The fraction of sp³-hybridized carbons (Fsp3) is 0.143. The van der Waals surface area contributed by atoms with Crippen molar-refractivity contribution in [3.8, 4) is 5.75 Å². The van der Waals surface area contributed by atoms with Gasteiger partial charge in [0.25, 0.3) is 0 Å². The number of rotatable bonds is 4. The van der Waals surface area contributed by atoms with E-state index in [9.17, 15) is 0 Å². The van der Waals surface area contributed by atoms with Crippen LogP contribution < -0.4 is 4.74 Å². The summed E-state index contributed by atoms with van der Waals surface area (Å²) >= 11 is 3.42. The second-order valence-electron chi connectivity index (χ2n) is 3.55. The summed E-state index contributed by atoms with van der Waals surface area (Å²) in [5.41, 5.74) is 2.44. The molecule has 2 aromatic rings. The normalized spacial score (nSPS) is 10.1. The molecule has 0 aliphatic heterocycles. The van der Waals surface area contributed by atoms with E-state index in [1.54, 1.807) is 0 Å². The zero-order valence-corrected chi connectivity index (χ0v) is 10.5. The van der Waals surface area contributed by atoms with Gasteiger partial charge in [0, 0.05) is 5.33 Å². The van der Waals surface area contributed by atoms with E-state index in [-0.39, 0.29) is 0 Å². The van der Waals surface area contributed by atoms with Crippen LogP contribution in [0.5, 0.6) is 5.75 Å². The highest BCUT2D eigenvalue weighted by Gasteiger charge is 1.95. The maximum Gasteiger partial charge on any atom is 0.119 e. The quantitative estimate of drug-likeness (QED) is 0.602. The van der Waals surface area contributed by atoms with Crippen LogP contribution in [0.15, 0.2) is 54.6 Å². The van der Waals surface area contributed by atoms with Crippen LogP contribution in [0.3, 0.4) is 0 Å². The molecule has 0 aliphatic rings. The van der Waals surface area contributed by atoms with Crippen molar-refractivity contribution < 1.29 is 4.74 Å². The Bertz CT molecular complexity index is 422. The standard InChI is InChI=1S/C14H13BrO/c15-10-12-6-8-14(9-7-12)16-11-13-4-2-1-3-5-13/h1-9H,10-11H2/i10+1. The highest BCUT2D eigenvalue weighted by Crippen LogP contribution is 2.15. The van der Waals surface area contributed by atoms with Gasteiger partial charge in [0.05, 0.1) is 0 Å². The average molecular weight is 278 g/mol. The smallest absolute Gasteiger partial charge is 0.119 e. The third-order valence-electron chi connectivity index (χ3n) is 2.33. The Hall–Kier alpha value is -1.28. The topological polar surface area (TPSA) is 9.23 Å². The lowest BCUT2D eigenvalue weighted by Crippen LogP contribution is -1.94. The third kappa shape index (κ3) is 3.11. The molecule has 2 aromatic carbocycles. The van der Waals surface area contributed by atoms with E-state index in [4.69, 9.17) is 4.74 Å². The summed E-state index contributed by atoms with van der Waals surface area (Å²) in [7, 11) is 0. The van der Waals surface area contributed by atoms with Crippen LogP contribution in [0.2, 0.25) is 0 Å². The lowest BCUT2D eigenvalue weighted by atomic mass is 10.2. The Morgan fingerprint density at radius 3 is 2.12 bits per heavy atom. The van der Waals surface area contributed by atoms with Crippen LogP contribution in [0, 0.1) is 0 Å². The molecule has 2 rings (SSSR count). The van der Waals surface area contributed by atoms with Crippen molar-refractivity contribution in [3.05, 3.63) is 65.7 Å². The number of hydrogen-bond donors (Lipinski definition) is 0. The molecule has 0 amide bonds. The fourth-order valence-electron chi connectivity index (χ4n) is 1.42. The molecule has 0 spiro atoms. The van der Waals surface area contributed by atoms with Gasteiger partial charge in [0.2, 0.25) is 0 Å². The van der Waals surface area contributed by atoms with Gasteiger partial charge in [-0.1, -0.05) is 58.4 Å². The van der Waals surface area contributed by atoms with Crippen molar-refractivity contribution in [3.63, 3.8) is 0 Å². The van der Waals surface area contributed by atoms with E-state index in [0.717, 1.165) is 11.1 Å². The van der Waals surface area contributed by atoms with E-state index in [2.05, 4.69) is 40.2 Å². The van der Waals surface area contributed by atoms with Gasteiger partial charge < -0.3 is 4.74 Å². The molecule has 0 fully saturated rings. The van der Waals surface area contributed by atoms with Gasteiger partial charge in [-0.25, -0.2) is 0 Å². The Kier molecular flexibility index (Phi) is 4.00. The summed E-state index contributed by atoms with van der Waals surface area (Å²) in [6.45, 7) is 0.620. The molecule has 0 bridgehead atoms. The number of halogens is 1. The van der Waals surface area contributed by atoms with Crippen LogP contribution in [0.4, 0.5) is 0 Å². The second-order valence-corrected chi connectivity index (χ2v) is 4.11. The molecule has 1 nitrogen and oxygen atoms in total. The molecular formula is C14H13BrO. The highest BCUT2D eigenvalue weighted by atomic mass is 79.9. The number of ether oxygens (including phenoxy) is 1. The number of alkyl halides is 1. The van der Waals surface area contributed by atoms with Crippen molar-refractivity contribution in [2.24, 2.45) is 0 Å². The van der Waals surface area contributed by atoms with Crippen molar-refractivity contribution in [2.45, 2.75) is 11.9 Å². The van der Waals surface area contributed by atoms with E-state index in [1.807, 2.05) is 30.3 Å². The van der Waals surface area contributed by atoms with E-state index < -0.39 is 0 Å². The predicted octanol–water partition coefficient (Wildman–Crippen LogP) is 4.16. The Morgan fingerprint density at radius 1 is 0.812 bits per heavy atom. The summed E-state index contributed by atoms with van der Waals surface area (Å²) in [6.07, 6.45) is 0. The van der Waals surface area contributed by atoms with Crippen molar-refractivity contribution in [1.82, 2.24) is 0 Å². The van der Waals surface area contributed by atoms with Crippen LogP contribution >= 0.6 is 15.9 Å². The first-order chi connectivity index (χ1) is 7.88. The SMILES string of the molecule is Br[13CH2]c1ccc(OCc2ccccc2)cc1. The van der Waals surface area contributed by atoms with Crippen LogP contribution in [0.25, 0.3) is 0 Å². The molecule has 0 radical (unpaired) electrons. The molecule has 0 N–H and O–H groups in total. The zero-order chi connectivity index (χ0) is 11.2. The predicted molar refractivity (Wildman–Crippen MR) is 69.8 cm³/mol. The largest absolute Gasteiger partial charge is 0.489 e. The minimum atomic E-state index is 0.620. The molecule has 0 saturated carbocycles. The lowest BCUT2D eigenvalue weighted by Gasteiger charge is -2.06. The molecule has 0 unspecified atom stereocenters. The van der Waals surface area contributed by atoms with Crippen LogP contribution in [-0.2, 0) is 11.9 Å². The fourth-order valence-corrected chi connectivity index (χ4v) is 1.79. The molecule has 16 heavy (non-hydrogen) atoms. The number of benzene rings is 2. The molecule has 0 atom stereocenters. The van der Waals surface area contributed by atoms with E-state index in [1.165, 1.54) is 11.1 Å². The maximum atomic E-state index is 5.68. The minimum Gasteiger partial charge on any atom is -0.489 e. The minimum absolute atomic E-state index is 0.620. The summed E-state index contributed by atoms with van der Waals surface area (Å²) < 4.78 is 5.68. The highest BCUT2D eigenvalue weighted by molar-refractivity contribution is 9.08. The molecule has 0 aromatic heterocycles. The van der Waals surface area contributed by atoms with Gasteiger partial charge >= 0.3 is 0 Å². The van der Waals surface area contributed by atoms with Gasteiger partial charge in [-0.15, -0.1) is 0 Å². The van der Waals surface area contributed by atoms with Crippen molar-refractivity contribution in [1.29, 1.82) is 0 Å². The summed E-state index contributed by atoms with van der Waals surface area (Å²) in [4.78, 5) is 0. The molecule has 2 heteroatoms. The lowest BCUT2D eigenvalue weighted by molar-refractivity contribution is 0.306. The van der Waals surface area contributed by atoms with Gasteiger partial charge in [-0.05, 0) is 23.3 Å². The zero-order valence-electron chi connectivity index (χ0n) is 8.90. The van der Waals surface area contributed by atoms with E-state index in [0.29, 0.717) is 6.61 Å². The molecule has 0 aliphatic carbocycles. The Morgan fingerprint density at radius 2 is 1.50 bits per heavy atom. The number of hydrogen-bond acceptors (Lipinski definition) is 1. The van der Waals surface area contributed by atoms with Crippen molar-refractivity contribution >= 4 is 15.9 Å². The molecule has 0 heterocycles. The van der Waals surface area contributed by atoms with Gasteiger partial charge in [0.1, 0.15) is 12.4 Å². The van der Waals surface area contributed by atoms with Gasteiger partial charge in [0.15, 0.2) is 0 Å². The van der Waals surface area contributed by atoms with Crippen molar-refractivity contribution in [2.75, 3.05) is 0 Å². The molecule has 82 valence electrons. The Labute approximate surface area is 104 Å². The maximum absolute atomic E-state index is 5.68. The van der Waals surface area contributed by atoms with Gasteiger partial charge in [-0.3, -0.25) is 0 Å². The summed E-state index contributed by atoms with van der Waals surface area (Å²) in [5, 5.41) is 0.881. The molecular weight excluding hydrogens is 265 g/mol. The molecule has 0 saturated heterocycles. The second kappa shape index (κ2) is 5.71. The summed E-state index contributed by atoms with van der Waals surface area (Å²) in [5.74, 6) is 0.911. The van der Waals surface area contributed by atoms with Crippen LogP contribution in [-0.4, -0.2) is 0 Å². The van der Waals surface area contributed by atoms with E-state index >= 15 is 0 Å². The van der Waals surface area contributed by atoms with Gasteiger partial charge in [-0.2, -0.15) is 0 Å². The first-order valence-corrected chi connectivity index (χ1v) is 6.32. The Balaban J connectivity index is 1.94. The van der Waals surface area contributed by atoms with Crippen LogP contribution in [0.1, 0.15) is 11.1 Å². The first kappa shape index (κ1) is 11.2.